The van der Waals surface area contributed by atoms with Crippen molar-refractivity contribution in [1.29, 1.82) is 0 Å². The summed E-state index contributed by atoms with van der Waals surface area (Å²) in [5.41, 5.74) is 4.70. The van der Waals surface area contributed by atoms with Gasteiger partial charge >= 0.3 is 0 Å². The third-order valence-corrected chi connectivity index (χ3v) is 6.07. The maximum Gasteiger partial charge on any atom is 0.294 e. The van der Waals surface area contributed by atoms with Gasteiger partial charge in [0.15, 0.2) is 0 Å². The molecule has 0 bridgehead atoms. The predicted octanol–water partition coefficient (Wildman–Crippen LogP) is 8.20. The van der Waals surface area contributed by atoms with Gasteiger partial charge in [-0.15, -0.1) is 10.1 Å². The zero-order chi connectivity index (χ0) is 21.3. The summed E-state index contributed by atoms with van der Waals surface area (Å²) in [4.78, 5) is 15.1. The molecule has 1 rings (SSSR count). The van der Waals surface area contributed by atoms with Gasteiger partial charge in [0, 0.05) is 0 Å². The molecule has 0 unspecified atom stereocenters. The molecule has 30 heavy (non-hydrogen) atoms. The van der Waals surface area contributed by atoms with Crippen molar-refractivity contribution in [1.82, 2.24) is 6.15 Å². The first-order valence-corrected chi connectivity index (χ1v) is 11.9. The van der Waals surface area contributed by atoms with Crippen LogP contribution in [-0.4, -0.2) is 5.09 Å². The van der Waals surface area contributed by atoms with Crippen LogP contribution >= 0.6 is 0 Å². The van der Waals surface area contributed by atoms with Crippen molar-refractivity contribution in [2.45, 2.75) is 124 Å². The number of aryl methyl sites for hydroxylation is 1. The summed E-state index contributed by atoms with van der Waals surface area (Å²) >= 11 is 0. The topological polar surface area (TPSA) is 87.4 Å². The van der Waals surface area contributed by atoms with Gasteiger partial charge in [-0.2, -0.15) is 0 Å². The molecule has 5 nitrogen and oxygen atoms in total. The average molecular weight is 423 g/mol. The fraction of sp³-hybridized carbons (Fsp3) is 0.760. The van der Waals surface area contributed by atoms with Gasteiger partial charge in [-0.3, -0.25) is 0 Å². The Kier molecular flexibility index (Phi) is 17.2. The minimum atomic E-state index is -0.703. The van der Waals surface area contributed by atoms with Crippen LogP contribution in [-0.2, 0) is 17.9 Å². The monoisotopic (exact) mass is 422 g/mol. The zero-order valence-electron chi connectivity index (χ0n) is 19.8. The third kappa shape index (κ3) is 12.8. The number of hydrogen-bond acceptors (Lipinski definition) is 4. The Bertz CT molecular complexity index is 576. The van der Waals surface area contributed by atoms with Crippen LogP contribution in [0.4, 0.5) is 0 Å². The highest BCUT2D eigenvalue weighted by molar-refractivity contribution is 5.39. The molecular weight excluding hydrogens is 376 g/mol. The molecule has 5 heteroatoms. The molecule has 0 spiro atoms. The van der Waals surface area contributed by atoms with Crippen molar-refractivity contribution in [3.05, 3.63) is 44.5 Å². The van der Waals surface area contributed by atoms with E-state index in [0.29, 0.717) is 0 Å². The first kappa shape index (κ1) is 28.4. The number of benzene rings is 1. The van der Waals surface area contributed by atoms with Gasteiger partial charge in [-0.05, 0) is 48.9 Å². The summed E-state index contributed by atoms with van der Waals surface area (Å²) in [6.07, 6.45) is 20.0. The molecule has 0 saturated heterocycles. The summed E-state index contributed by atoms with van der Waals surface area (Å²) < 4.78 is 0. The summed E-state index contributed by atoms with van der Waals surface area (Å²) in [6, 6.07) is 4.01. The van der Waals surface area contributed by atoms with Crippen molar-refractivity contribution < 1.29 is 9.92 Å². The van der Waals surface area contributed by atoms with Crippen molar-refractivity contribution in [3.63, 3.8) is 0 Å². The Morgan fingerprint density at radius 3 is 1.73 bits per heavy atom. The van der Waals surface area contributed by atoms with E-state index in [0.717, 1.165) is 18.4 Å². The average Bonchev–Trinajstić information content (AvgIpc) is 2.70. The third-order valence-electron chi connectivity index (χ3n) is 6.07. The van der Waals surface area contributed by atoms with Gasteiger partial charge < -0.3 is 11.0 Å². The minimum Gasteiger partial charge on any atom is -0.344 e. The molecule has 0 saturated carbocycles. The van der Waals surface area contributed by atoms with E-state index < -0.39 is 5.09 Å². The largest absolute Gasteiger partial charge is 0.344 e. The Hall–Kier alpha value is -1.62. The molecule has 0 heterocycles. The lowest BCUT2D eigenvalue weighted by molar-refractivity contribution is -0.763. The zero-order valence-corrected chi connectivity index (χ0v) is 19.8. The summed E-state index contributed by atoms with van der Waals surface area (Å²) in [5, 5.41) is 9.81. The number of hydrogen-bond donors (Lipinski definition) is 1. The van der Waals surface area contributed by atoms with Crippen LogP contribution in [0.25, 0.3) is 0 Å². The van der Waals surface area contributed by atoms with E-state index in [1.807, 2.05) is 12.1 Å². The molecule has 1 aromatic rings. The van der Waals surface area contributed by atoms with Crippen LogP contribution in [0.5, 0.6) is 0 Å². The Labute approximate surface area is 184 Å². The number of rotatable bonds is 18. The molecule has 0 radical (unpaired) electrons. The van der Waals surface area contributed by atoms with Gasteiger partial charge in [0.05, 0.1) is 0 Å². The maximum atomic E-state index is 10.5. The molecule has 174 valence electrons. The van der Waals surface area contributed by atoms with Gasteiger partial charge in [0.2, 0.25) is 0 Å². The van der Waals surface area contributed by atoms with Crippen LogP contribution in [0.3, 0.4) is 0 Å². The van der Waals surface area contributed by atoms with Crippen LogP contribution in [0, 0.1) is 24.0 Å². The Morgan fingerprint density at radius 1 is 0.800 bits per heavy atom. The first-order valence-electron chi connectivity index (χ1n) is 11.9. The summed E-state index contributed by atoms with van der Waals surface area (Å²) in [6.45, 7) is 6.55. The molecule has 0 amide bonds. The van der Waals surface area contributed by atoms with Crippen molar-refractivity contribution in [2.24, 2.45) is 0 Å². The fourth-order valence-electron chi connectivity index (χ4n) is 4.03. The van der Waals surface area contributed by atoms with E-state index in [9.17, 15) is 10.1 Å². The van der Waals surface area contributed by atoms with Crippen LogP contribution < -0.4 is 6.15 Å². The van der Waals surface area contributed by atoms with Gasteiger partial charge in [0.25, 0.3) is 5.09 Å². The summed E-state index contributed by atoms with van der Waals surface area (Å²) in [7, 11) is 0. The van der Waals surface area contributed by atoms with Gasteiger partial charge in [0.1, 0.15) is 6.61 Å². The van der Waals surface area contributed by atoms with Crippen LogP contribution in [0.15, 0.2) is 12.1 Å². The molecule has 0 atom stereocenters. The van der Waals surface area contributed by atoms with E-state index in [4.69, 9.17) is 0 Å². The first-order chi connectivity index (χ1) is 14.1. The highest BCUT2D eigenvalue weighted by Gasteiger charge is 2.09. The lowest BCUT2D eigenvalue weighted by atomic mass is 9.93. The Morgan fingerprint density at radius 2 is 1.27 bits per heavy atom. The standard InChI is InChI=1S/C25H43NO3.H3N/c1-4-5-6-7-8-9-10-11-12-13-14-15-16-17-18-25-23(3)22(2)19-20-24(25)21-29-26(27)28;/h19-20H,4-18,21H2,1-3H3;1H3. The molecule has 0 aliphatic rings. The van der Waals surface area contributed by atoms with Crippen LogP contribution in [0.1, 0.15) is 119 Å². The predicted molar refractivity (Wildman–Crippen MR) is 127 cm³/mol. The second-order valence-electron chi connectivity index (χ2n) is 8.49. The maximum absolute atomic E-state index is 10.5. The van der Waals surface area contributed by atoms with Crippen molar-refractivity contribution >= 4 is 0 Å². The number of nitrogens with zero attached hydrogens (tertiary/aromatic N) is 1. The normalized spacial score (nSPS) is 10.6. The number of unbranched alkanes of at least 4 members (excludes halogenated alkanes) is 13. The van der Waals surface area contributed by atoms with Crippen molar-refractivity contribution in [2.75, 3.05) is 0 Å². The molecule has 0 aromatic heterocycles. The second-order valence-corrected chi connectivity index (χ2v) is 8.49. The lowest BCUT2D eigenvalue weighted by Crippen LogP contribution is -2.05. The molecular formula is C25H46N2O3. The van der Waals surface area contributed by atoms with E-state index in [1.54, 1.807) is 0 Å². The molecule has 0 aliphatic heterocycles. The highest BCUT2D eigenvalue weighted by Crippen LogP contribution is 2.22. The quantitative estimate of drug-likeness (QED) is 0.147. The smallest absolute Gasteiger partial charge is 0.294 e. The highest BCUT2D eigenvalue weighted by atomic mass is 16.9. The fourth-order valence-corrected chi connectivity index (χ4v) is 4.03. The molecule has 1 aromatic carbocycles. The van der Waals surface area contributed by atoms with Crippen molar-refractivity contribution in [3.8, 4) is 0 Å². The van der Waals surface area contributed by atoms with E-state index in [2.05, 4.69) is 25.6 Å². The molecule has 3 N–H and O–H groups in total. The minimum absolute atomic E-state index is 0. The Balaban J connectivity index is 0.00000841. The molecule has 0 fully saturated rings. The lowest BCUT2D eigenvalue weighted by Gasteiger charge is -2.14. The summed E-state index contributed by atoms with van der Waals surface area (Å²) in [5.74, 6) is 0. The van der Waals surface area contributed by atoms with Gasteiger partial charge in [-0.1, -0.05) is 103 Å². The van der Waals surface area contributed by atoms with Crippen LogP contribution in [0.2, 0.25) is 0 Å². The SMILES string of the molecule is CCCCCCCCCCCCCCCCc1c(CO[N+](=O)[O-])ccc(C)c1C.N. The van der Waals surface area contributed by atoms with E-state index in [-0.39, 0.29) is 12.8 Å². The second kappa shape index (κ2) is 18.2. The van der Waals surface area contributed by atoms with Gasteiger partial charge in [-0.25, -0.2) is 0 Å². The molecule has 0 aliphatic carbocycles. The van der Waals surface area contributed by atoms with E-state index in [1.165, 1.54) is 100 Å². The van der Waals surface area contributed by atoms with E-state index >= 15 is 0 Å².